The number of ether oxygens (including phenoxy) is 3. The van der Waals surface area contributed by atoms with E-state index >= 15 is 0 Å². The van der Waals surface area contributed by atoms with Gasteiger partial charge in [0.1, 0.15) is 12.7 Å². The maximum absolute atomic E-state index is 12.3. The minimum Gasteiger partial charge on any atom is -0.459 e. The molecular formula is C20H24N2O10. The van der Waals surface area contributed by atoms with Crippen LogP contribution in [0, 0.1) is 26.1 Å². The molecule has 1 aromatic carbocycles. The molecule has 32 heavy (non-hydrogen) atoms. The van der Waals surface area contributed by atoms with Gasteiger partial charge in [-0.2, -0.15) is 0 Å². The normalized spacial score (nSPS) is 28.9. The average Bonchev–Trinajstić information content (AvgIpc) is 3.18. The average molecular weight is 452 g/mol. The number of rotatable bonds is 8. The molecule has 2 aliphatic rings. The van der Waals surface area contributed by atoms with E-state index < -0.39 is 64.3 Å². The molecule has 2 fully saturated rings. The lowest BCUT2D eigenvalue weighted by atomic mass is 9.90. The fraction of sp³-hybridized carbons (Fsp3) is 0.550. The third-order valence-electron chi connectivity index (χ3n) is 5.68. The van der Waals surface area contributed by atoms with E-state index in [1.54, 1.807) is 6.08 Å². The van der Waals surface area contributed by atoms with E-state index in [0.29, 0.717) is 12.8 Å². The van der Waals surface area contributed by atoms with Crippen LogP contribution in [0.25, 0.3) is 0 Å². The van der Waals surface area contributed by atoms with Crippen LogP contribution in [0.15, 0.2) is 30.9 Å². The van der Waals surface area contributed by atoms with Gasteiger partial charge in [0.15, 0.2) is 0 Å². The van der Waals surface area contributed by atoms with E-state index in [0.717, 1.165) is 18.2 Å². The molecule has 0 bridgehead atoms. The first-order chi connectivity index (χ1) is 15.1. The number of benzene rings is 1. The van der Waals surface area contributed by atoms with Gasteiger partial charge in [-0.1, -0.05) is 13.0 Å². The maximum atomic E-state index is 12.3. The van der Waals surface area contributed by atoms with Gasteiger partial charge in [0.2, 0.25) is 0 Å². The SMILES string of the molecule is C=C[C@H](C)[C@@H]1O[C@@H]2CC([C@@H](O)COC(=O)c3cc([N+](=O)[O-])cc([N+](=O)[O-])c3)O[C@@H]2C[C@@H]1O. The van der Waals surface area contributed by atoms with Gasteiger partial charge >= 0.3 is 5.97 Å². The first-order valence-electron chi connectivity index (χ1n) is 10.0. The number of nitro benzene ring substituents is 2. The molecule has 0 aromatic heterocycles. The van der Waals surface area contributed by atoms with Crippen molar-refractivity contribution < 1.29 is 39.1 Å². The second-order valence-corrected chi connectivity index (χ2v) is 7.90. The number of carbonyl (C=O) groups is 1. The molecule has 2 N–H and O–H groups in total. The van der Waals surface area contributed by atoms with Crippen molar-refractivity contribution >= 4 is 17.3 Å². The molecule has 0 spiro atoms. The van der Waals surface area contributed by atoms with Crippen LogP contribution >= 0.6 is 0 Å². The van der Waals surface area contributed by atoms with Crippen LogP contribution in [-0.4, -0.2) is 69.3 Å². The number of hydrogen-bond acceptors (Lipinski definition) is 10. The smallest absolute Gasteiger partial charge is 0.338 e. The Labute approximate surface area is 182 Å². The summed E-state index contributed by atoms with van der Waals surface area (Å²) >= 11 is 0. The fourth-order valence-electron chi connectivity index (χ4n) is 3.90. The van der Waals surface area contributed by atoms with Crippen molar-refractivity contribution in [2.45, 2.75) is 56.4 Å². The van der Waals surface area contributed by atoms with E-state index in [2.05, 4.69) is 6.58 Å². The molecule has 12 heteroatoms. The number of non-ortho nitro benzene ring substituents is 2. The van der Waals surface area contributed by atoms with Crippen LogP contribution in [-0.2, 0) is 14.2 Å². The first-order valence-corrected chi connectivity index (χ1v) is 10.0. The largest absolute Gasteiger partial charge is 0.459 e. The Morgan fingerprint density at radius 1 is 1.22 bits per heavy atom. The van der Waals surface area contributed by atoms with Gasteiger partial charge in [-0.05, 0) is 0 Å². The second kappa shape index (κ2) is 9.69. The van der Waals surface area contributed by atoms with Gasteiger partial charge in [-0.3, -0.25) is 20.2 Å². The van der Waals surface area contributed by atoms with Crippen LogP contribution in [0.1, 0.15) is 30.1 Å². The lowest BCUT2D eigenvalue weighted by Gasteiger charge is -2.37. The summed E-state index contributed by atoms with van der Waals surface area (Å²) < 4.78 is 16.7. The number of aliphatic hydroxyl groups is 2. The Bertz CT molecular complexity index is 874. The molecule has 0 aliphatic carbocycles. The number of aliphatic hydroxyl groups excluding tert-OH is 2. The number of nitro groups is 2. The molecule has 12 nitrogen and oxygen atoms in total. The molecular weight excluding hydrogens is 428 g/mol. The molecule has 2 aliphatic heterocycles. The van der Waals surface area contributed by atoms with Gasteiger partial charge in [0.25, 0.3) is 11.4 Å². The second-order valence-electron chi connectivity index (χ2n) is 7.90. The zero-order chi connectivity index (χ0) is 23.6. The summed E-state index contributed by atoms with van der Waals surface area (Å²) in [6, 6.07) is 2.45. The van der Waals surface area contributed by atoms with E-state index in [9.17, 15) is 35.2 Å². The first kappa shape index (κ1) is 23.7. The molecule has 2 saturated heterocycles. The summed E-state index contributed by atoms with van der Waals surface area (Å²) in [5, 5.41) is 42.6. The zero-order valence-corrected chi connectivity index (χ0v) is 17.2. The lowest BCUT2D eigenvalue weighted by Crippen LogP contribution is -2.47. The van der Waals surface area contributed by atoms with Gasteiger partial charge < -0.3 is 24.4 Å². The zero-order valence-electron chi connectivity index (χ0n) is 17.2. The van der Waals surface area contributed by atoms with Crippen molar-refractivity contribution in [3.63, 3.8) is 0 Å². The van der Waals surface area contributed by atoms with E-state index in [4.69, 9.17) is 14.2 Å². The molecule has 2 heterocycles. The monoisotopic (exact) mass is 452 g/mol. The lowest BCUT2D eigenvalue weighted by molar-refractivity contribution is -0.394. The quantitative estimate of drug-likeness (QED) is 0.255. The number of hydrogen-bond donors (Lipinski definition) is 2. The highest BCUT2D eigenvalue weighted by molar-refractivity contribution is 5.91. The van der Waals surface area contributed by atoms with Crippen LogP contribution in [0.4, 0.5) is 11.4 Å². The van der Waals surface area contributed by atoms with E-state index in [1.165, 1.54) is 0 Å². The topological polar surface area (TPSA) is 172 Å². The van der Waals surface area contributed by atoms with Crippen molar-refractivity contribution in [2.24, 2.45) is 5.92 Å². The van der Waals surface area contributed by atoms with E-state index in [-0.39, 0.29) is 17.6 Å². The Kier molecular flexibility index (Phi) is 7.19. The molecule has 1 unspecified atom stereocenters. The highest BCUT2D eigenvalue weighted by atomic mass is 16.6. The number of fused-ring (bicyclic) bond motifs is 1. The molecule has 3 rings (SSSR count). The van der Waals surface area contributed by atoms with Crippen molar-refractivity contribution in [1.82, 2.24) is 0 Å². The van der Waals surface area contributed by atoms with Gasteiger partial charge in [0.05, 0.1) is 52.0 Å². The van der Waals surface area contributed by atoms with Gasteiger partial charge in [0, 0.05) is 30.9 Å². The van der Waals surface area contributed by atoms with Crippen molar-refractivity contribution in [2.75, 3.05) is 6.61 Å². The highest BCUT2D eigenvalue weighted by Gasteiger charge is 2.47. The van der Waals surface area contributed by atoms with Crippen molar-refractivity contribution in [3.05, 3.63) is 56.6 Å². The van der Waals surface area contributed by atoms with Crippen LogP contribution in [0.2, 0.25) is 0 Å². The summed E-state index contributed by atoms with van der Waals surface area (Å²) in [7, 11) is 0. The summed E-state index contributed by atoms with van der Waals surface area (Å²) in [4.78, 5) is 32.5. The predicted molar refractivity (Wildman–Crippen MR) is 108 cm³/mol. The molecule has 0 amide bonds. The predicted octanol–water partition coefficient (Wildman–Crippen LogP) is 1.52. The summed E-state index contributed by atoms with van der Waals surface area (Å²) in [6.45, 7) is 5.09. The molecule has 0 saturated carbocycles. The Morgan fingerprint density at radius 3 is 2.38 bits per heavy atom. The minimum atomic E-state index is -1.23. The molecule has 7 atom stereocenters. The number of carbonyl (C=O) groups excluding carboxylic acids is 1. The molecule has 174 valence electrons. The van der Waals surface area contributed by atoms with Crippen molar-refractivity contribution in [1.29, 1.82) is 0 Å². The summed E-state index contributed by atoms with van der Waals surface area (Å²) in [5.74, 6) is -1.13. The highest BCUT2D eigenvalue weighted by Crippen LogP contribution is 2.36. The molecule has 1 aromatic rings. The maximum Gasteiger partial charge on any atom is 0.338 e. The van der Waals surface area contributed by atoms with Crippen LogP contribution in [0.3, 0.4) is 0 Å². The summed E-state index contributed by atoms with van der Waals surface area (Å²) in [6.07, 6.45) is -1.57. The third-order valence-corrected chi connectivity index (χ3v) is 5.68. The standard InChI is InChI=1S/C20H24N2O10/c1-3-10(2)19-14(23)7-17-18(32-19)8-16(31-17)15(24)9-30-20(25)11-4-12(21(26)27)6-13(5-11)22(28)29/h3-6,10,14-19,23-24H,1,7-9H2,2H3/t10-,14-,15-,16?,17+,18+,19-/m0/s1. The van der Waals surface area contributed by atoms with Crippen molar-refractivity contribution in [3.8, 4) is 0 Å². The Hall–Kier alpha value is -2.93. The number of esters is 1. The third kappa shape index (κ3) is 5.10. The van der Waals surface area contributed by atoms with Crippen LogP contribution in [0.5, 0.6) is 0 Å². The fourth-order valence-corrected chi connectivity index (χ4v) is 3.90. The minimum absolute atomic E-state index is 0.0742. The van der Waals surface area contributed by atoms with Gasteiger partial charge in [-0.15, -0.1) is 6.58 Å². The molecule has 0 radical (unpaired) electrons. The Balaban J connectivity index is 1.60. The van der Waals surface area contributed by atoms with Gasteiger partial charge in [-0.25, -0.2) is 4.79 Å². The summed E-state index contributed by atoms with van der Waals surface area (Å²) in [5.41, 5.74) is -1.64. The Morgan fingerprint density at radius 2 is 1.81 bits per heavy atom. The van der Waals surface area contributed by atoms with E-state index in [1.807, 2.05) is 6.92 Å². The number of nitrogens with zero attached hydrogens (tertiary/aromatic N) is 2. The van der Waals surface area contributed by atoms with Crippen LogP contribution < -0.4 is 0 Å².